The summed E-state index contributed by atoms with van der Waals surface area (Å²) < 4.78 is 13.4. The number of piperidine rings is 1. The summed E-state index contributed by atoms with van der Waals surface area (Å²) in [5, 5.41) is 9.94. The molecule has 1 aromatic rings. The summed E-state index contributed by atoms with van der Waals surface area (Å²) in [7, 11) is 0. The van der Waals surface area contributed by atoms with Crippen LogP contribution in [0.25, 0.3) is 0 Å². The van der Waals surface area contributed by atoms with Crippen LogP contribution in [0.2, 0.25) is 0 Å². The van der Waals surface area contributed by atoms with Gasteiger partial charge in [0.1, 0.15) is 11.6 Å². The second-order valence-electron chi connectivity index (χ2n) is 6.12. The molecular formula is C17H26FNO. The summed E-state index contributed by atoms with van der Waals surface area (Å²) in [6, 6.07) is 4.29. The van der Waals surface area contributed by atoms with Gasteiger partial charge in [-0.05, 0) is 56.5 Å². The molecule has 1 aliphatic heterocycles. The number of likely N-dealkylation sites (tertiary alicyclic amines) is 1. The van der Waals surface area contributed by atoms with Crippen molar-refractivity contribution in [3.63, 3.8) is 0 Å². The Labute approximate surface area is 121 Å². The first-order chi connectivity index (χ1) is 9.51. The van der Waals surface area contributed by atoms with E-state index in [0.29, 0.717) is 11.0 Å². The summed E-state index contributed by atoms with van der Waals surface area (Å²) in [5.41, 5.74) is 1.19. The van der Waals surface area contributed by atoms with Gasteiger partial charge in [0.25, 0.3) is 0 Å². The highest BCUT2D eigenvalue weighted by Gasteiger charge is 2.33. The fourth-order valence-electron chi connectivity index (χ4n) is 3.40. The van der Waals surface area contributed by atoms with Gasteiger partial charge in [0.15, 0.2) is 0 Å². The van der Waals surface area contributed by atoms with Crippen molar-refractivity contribution in [2.75, 3.05) is 13.1 Å². The van der Waals surface area contributed by atoms with Crippen molar-refractivity contribution < 1.29 is 9.50 Å². The summed E-state index contributed by atoms with van der Waals surface area (Å²) in [6.45, 7) is 8.67. The highest BCUT2D eigenvalue weighted by molar-refractivity contribution is 5.35. The van der Waals surface area contributed by atoms with Crippen LogP contribution in [0, 0.1) is 11.2 Å². The number of phenolic OH excluding ortho intramolecular Hbond substituents is 1. The van der Waals surface area contributed by atoms with Crippen LogP contribution in [0.3, 0.4) is 0 Å². The van der Waals surface area contributed by atoms with Crippen LogP contribution < -0.4 is 0 Å². The minimum atomic E-state index is -0.280. The molecular weight excluding hydrogens is 253 g/mol. The lowest BCUT2D eigenvalue weighted by molar-refractivity contribution is 0.0702. The van der Waals surface area contributed by atoms with E-state index in [9.17, 15) is 9.50 Å². The van der Waals surface area contributed by atoms with E-state index in [1.165, 1.54) is 43.9 Å². The Morgan fingerprint density at radius 1 is 1.25 bits per heavy atom. The molecule has 0 saturated carbocycles. The van der Waals surface area contributed by atoms with Crippen LogP contribution >= 0.6 is 0 Å². The van der Waals surface area contributed by atoms with Gasteiger partial charge < -0.3 is 5.11 Å². The van der Waals surface area contributed by atoms with Crippen molar-refractivity contribution in [3.8, 4) is 5.75 Å². The van der Waals surface area contributed by atoms with E-state index < -0.39 is 0 Å². The molecule has 112 valence electrons. The van der Waals surface area contributed by atoms with Gasteiger partial charge >= 0.3 is 0 Å². The van der Waals surface area contributed by atoms with Crippen molar-refractivity contribution in [2.24, 2.45) is 5.41 Å². The number of benzene rings is 1. The Bertz CT molecular complexity index is 446. The fraction of sp³-hybridized carbons (Fsp3) is 0.647. The second kappa shape index (κ2) is 6.13. The first-order valence-electron chi connectivity index (χ1n) is 7.74. The van der Waals surface area contributed by atoms with Gasteiger partial charge in [-0.1, -0.05) is 26.7 Å². The molecule has 0 amide bonds. The van der Waals surface area contributed by atoms with Crippen LogP contribution in [-0.4, -0.2) is 23.1 Å². The molecule has 0 bridgehead atoms. The molecule has 0 spiro atoms. The highest BCUT2D eigenvalue weighted by Crippen LogP contribution is 2.40. The lowest BCUT2D eigenvalue weighted by atomic mass is 9.74. The van der Waals surface area contributed by atoms with Crippen molar-refractivity contribution >= 4 is 0 Å². The van der Waals surface area contributed by atoms with E-state index in [0.717, 1.165) is 13.1 Å². The highest BCUT2D eigenvalue weighted by atomic mass is 19.1. The predicted octanol–water partition coefficient (Wildman–Crippen LogP) is 4.49. The Balaban J connectivity index is 2.08. The van der Waals surface area contributed by atoms with Crippen molar-refractivity contribution in [2.45, 2.75) is 52.5 Å². The molecule has 0 aromatic heterocycles. The molecule has 3 heteroatoms. The van der Waals surface area contributed by atoms with Crippen molar-refractivity contribution in [1.82, 2.24) is 4.90 Å². The van der Waals surface area contributed by atoms with Crippen LogP contribution in [0.15, 0.2) is 18.2 Å². The number of hydrogen-bond acceptors (Lipinski definition) is 2. The number of halogens is 1. The second-order valence-corrected chi connectivity index (χ2v) is 6.12. The van der Waals surface area contributed by atoms with E-state index in [1.54, 1.807) is 0 Å². The quantitative estimate of drug-likeness (QED) is 0.877. The Hall–Kier alpha value is -1.09. The van der Waals surface area contributed by atoms with Gasteiger partial charge in [-0.15, -0.1) is 0 Å². The Morgan fingerprint density at radius 2 is 1.85 bits per heavy atom. The van der Waals surface area contributed by atoms with E-state index in [-0.39, 0.29) is 17.6 Å². The molecule has 1 aromatic carbocycles. The third kappa shape index (κ3) is 2.98. The SMILES string of the molecule is CCC1(CC)CCN(C(C)c2cc(F)ccc2O)CC1. The maximum Gasteiger partial charge on any atom is 0.123 e. The van der Waals surface area contributed by atoms with Crippen LogP contribution in [-0.2, 0) is 0 Å². The normalized spacial score (nSPS) is 20.8. The Morgan fingerprint density at radius 3 is 2.40 bits per heavy atom. The zero-order chi connectivity index (χ0) is 14.8. The third-order valence-corrected chi connectivity index (χ3v) is 5.35. The van der Waals surface area contributed by atoms with Crippen LogP contribution in [0.1, 0.15) is 58.1 Å². The zero-order valence-electron chi connectivity index (χ0n) is 12.8. The Kier molecular flexibility index (Phi) is 4.69. The predicted molar refractivity (Wildman–Crippen MR) is 80.3 cm³/mol. The molecule has 0 aliphatic carbocycles. The smallest absolute Gasteiger partial charge is 0.123 e. The number of aromatic hydroxyl groups is 1. The molecule has 1 N–H and O–H groups in total. The van der Waals surface area contributed by atoms with Crippen molar-refractivity contribution in [1.29, 1.82) is 0 Å². The van der Waals surface area contributed by atoms with Gasteiger partial charge in [-0.25, -0.2) is 4.39 Å². The molecule has 20 heavy (non-hydrogen) atoms. The maximum absolute atomic E-state index is 13.4. The molecule has 1 saturated heterocycles. The van der Waals surface area contributed by atoms with E-state index in [4.69, 9.17) is 0 Å². The average Bonchev–Trinajstić information content (AvgIpc) is 2.49. The number of hydrogen-bond donors (Lipinski definition) is 1. The summed E-state index contributed by atoms with van der Waals surface area (Å²) in [6.07, 6.45) is 4.86. The number of rotatable bonds is 4. The third-order valence-electron chi connectivity index (χ3n) is 5.35. The van der Waals surface area contributed by atoms with Gasteiger partial charge in [-0.2, -0.15) is 0 Å². The molecule has 1 unspecified atom stereocenters. The van der Waals surface area contributed by atoms with Gasteiger partial charge in [0, 0.05) is 11.6 Å². The van der Waals surface area contributed by atoms with E-state index in [1.807, 2.05) is 0 Å². The summed E-state index contributed by atoms with van der Waals surface area (Å²) in [5.74, 6) is -0.0835. The molecule has 2 nitrogen and oxygen atoms in total. The van der Waals surface area contributed by atoms with E-state index in [2.05, 4.69) is 25.7 Å². The first-order valence-corrected chi connectivity index (χ1v) is 7.74. The molecule has 1 heterocycles. The largest absolute Gasteiger partial charge is 0.508 e. The first kappa shape index (κ1) is 15.3. The summed E-state index contributed by atoms with van der Waals surface area (Å²) >= 11 is 0. The average molecular weight is 279 g/mol. The van der Waals surface area contributed by atoms with Crippen LogP contribution in [0.4, 0.5) is 4.39 Å². The lowest BCUT2D eigenvalue weighted by Crippen LogP contribution is -2.40. The topological polar surface area (TPSA) is 23.5 Å². The minimum Gasteiger partial charge on any atom is -0.508 e. The molecule has 1 fully saturated rings. The molecule has 2 rings (SSSR count). The van der Waals surface area contributed by atoms with Gasteiger partial charge in [0.2, 0.25) is 0 Å². The zero-order valence-corrected chi connectivity index (χ0v) is 12.8. The maximum atomic E-state index is 13.4. The fourth-order valence-corrected chi connectivity index (χ4v) is 3.40. The van der Waals surface area contributed by atoms with Crippen LogP contribution in [0.5, 0.6) is 5.75 Å². The monoisotopic (exact) mass is 279 g/mol. The molecule has 1 atom stereocenters. The standard InChI is InChI=1S/C17H26FNO/c1-4-17(5-2)8-10-19(11-9-17)13(3)15-12-14(18)6-7-16(15)20/h6-7,12-13,20H,4-5,8-11H2,1-3H3. The van der Waals surface area contributed by atoms with Gasteiger partial charge in [-0.3, -0.25) is 4.90 Å². The molecule has 1 aliphatic rings. The summed E-state index contributed by atoms with van der Waals surface area (Å²) in [4.78, 5) is 2.36. The lowest BCUT2D eigenvalue weighted by Gasteiger charge is -2.43. The number of nitrogens with zero attached hydrogens (tertiary/aromatic N) is 1. The molecule has 0 radical (unpaired) electrons. The van der Waals surface area contributed by atoms with Gasteiger partial charge in [0.05, 0.1) is 0 Å². The number of phenols is 1. The minimum absolute atomic E-state index is 0.0670. The van der Waals surface area contributed by atoms with Crippen molar-refractivity contribution in [3.05, 3.63) is 29.6 Å². The van der Waals surface area contributed by atoms with E-state index >= 15 is 0 Å².